The third-order valence-corrected chi connectivity index (χ3v) is 2.17. The molecule has 15 heavy (non-hydrogen) atoms. The summed E-state index contributed by atoms with van der Waals surface area (Å²) in [6, 6.07) is 8.15. The monoisotopic (exact) mass is 202 g/mol. The van der Waals surface area contributed by atoms with Gasteiger partial charge < -0.3 is 5.11 Å². The average Bonchev–Trinajstić information content (AvgIpc) is 2.23. The molecule has 0 fully saturated rings. The Morgan fingerprint density at radius 3 is 2.47 bits per heavy atom. The zero-order chi connectivity index (χ0) is 10.8. The first-order chi connectivity index (χ1) is 7.16. The fourth-order valence-corrected chi connectivity index (χ4v) is 1.28. The molecule has 1 aromatic carbocycles. The molecule has 76 valence electrons. The maximum Gasteiger partial charge on any atom is 0.267 e. The minimum atomic E-state index is -0.152. The van der Waals surface area contributed by atoms with Crippen LogP contribution in [0.15, 0.2) is 41.3 Å². The largest absolute Gasteiger partial charge is 0.508 e. The smallest absolute Gasteiger partial charge is 0.267 e. The number of nitrogens with zero attached hydrogens (tertiary/aromatic N) is 2. The van der Waals surface area contributed by atoms with Crippen molar-refractivity contribution in [3.8, 4) is 16.9 Å². The number of phenolic OH excluding ortho intramolecular Hbond substituents is 1. The maximum absolute atomic E-state index is 11.3. The van der Waals surface area contributed by atoms with E-state index >= 15 is 0 Å². The first-order valence-corrected chi connectivity index (χ1v) is 4.49. The summed E-state index contributed by atoms with van der Waals surface area (Å²) in [4.78, 5) is 11.3. The molecule has 2 rings (SSSR count). The molecule has 1 N–H and O–H groups in total. The highest BCUT2D eigenvalue weighted by molar-refractivity contribution is 5.62. The van der Waals surface area contributed by atoms with Gasteiger partial charge >= 0.3 is 0 Å². The number of hydrogen-bond donors (Lipinski definition) is 1. The molecule has 4 nitrogen and oxygen atoms in total. The van der Waals surface area contributed by atoms with Crippen LogP contribution in [-0.4, -0.2) is 14.9 Å². The minimum Gasteiger partial charge on any atom is -0.508 e. The SMILES string of the molecule is Cn1ncc(-c2ccc(O)cc2)cc1=O. The van der Waals surface area contributed by atoms with E-state index in [9.17, 15) is 4.79 Å². The Bertz CT molecular complexity index is 529. The molecular weight excluding hydrogens is 192 g/mol. The topological polar surface area (TPSA) is 55.1 Å². The molecular formula is C11H10N2O2. The Balaban J connectivity index is 2.50. The van der Waals surface area contributed by atoms with Crippen LogP contribution in [0.25, 0.3) is 11.1 Å². The fourth-order valence-electron chi connectivity index (χ4n) is 1.28. The van der Waals surface area contributed by atoms with Gasteiger partial charge in [-0.25, -0.2) is 4.68 Å². The quantitative estimate of drug-likeness (QED) is 0.754. The number of hydrogen-bond acceptors (Lipinski definition) is 3. The van der Waals surface area contributed by atoms with E-state index in [2.05, 4.69) is 5.10 Å². The molecule has 0 aliphatic carbocycles. The number of aromatic hydroxyl groups is 1. The number of aryl methyl sites for hydroxylation is 1. The van der Waals surface area contributed by atoms with Crippen molar-refractivity contribution < 1.29 is 5.11 Å². The van der Waals surface area contributed by atoms with Crippen molar-refractivity contribution in [2.45, 2.75) is 0 Å². The van der Waals surface area contributed by atoms with Gasteiger partial charge in [-0.3, -0.25) is 4.79 Å². The van der Waals surface area contributed by atoms with Crippen LogP contribution in [0.5, 0.6) is 5.75 Å². The summed E-state index contributed by atoms with van der Waals surface area (Å²) in [7, 11) is 1.60. The molecule has 0 saturated heterocycles. The molecule has 0 amide bonds. The molecule has 0 unspecified atom stereocenters. The summed E-state index contributed by atoms with van der Waals surface area (Å²) in [5.41, 5.74) is 1.46. The van der Waals surface area contributed by atoms with Crippen molar-refractivity contribution in [2.24, 2.45) is 7.05 Å². The first kappa shape index (κ1) is 9.45. The lowest BCUT2D eigenvalue weighted by atomic mass is 10.1. The second-order valence-corrected chi connectivity index (χ2v) is 3.25. The van der Waals surface area contributed by atoms with Crippen molar-refractivity contribution >= 4 is 0 Å². The van der Waals surface area contributed by atoms with E-state index in [1.807, 2.05) is 0 Å². The van der Waals surface area contributed by atoms with Crippen LogP contribution in [0.4, 0.5) is 0 Å². The predicted octanol–water partition coefficient (Wildman–Crippen LogP) is 1.15. The number of phenols is 1. The van der Waals surface area contributed by atoms with Gasteiger partial charge in [0.2, 0.25) is 0 Å². The third-order valence-electron chi connectivity index (χ3n) is 2.17. The summed E-state index contributed by atoms with van der Waals surface area (Å²) in [5.74, 6) is 0.204. The molecule has 1 aromatic heterocycles. The Hall–Kier alpha value is -2.10. The molecule has 1 heterocycles. The van der Waals surface area contributed by atoms with Crippen LogP contribution in [0.3, 0.4) is 0 Å². The lowest BCUT2D eigenvalue weighted by Crippen LogP contribution is -2.17. The van der Waals surface area contributed by atoms with E-state index in [0.717, 1.165) is 11.1 Å². The minimum absolute atomic E-state index is 0.152. The summed E-state index contributed by atoms with van der Waals surface area (Å²) < 4.78 is 1.27. The lowest BCUT2D eigenvalue weighted by Gasteiger charge is -2.01. The van der Waals surface area contributed by atoms with Crippen LogP contribution in [0, 0.1) is 0 Å². The first-order valence-electron chi connectivity index (χ1n) is 4.49. The van der Waals surface area contributed by atoms with E-state index in [1.165, 1.54) is 10.7 Å². The zero-order valence-electron chi connectivity index (χ0n) is 8.21. The van der Waals surface area contributed by atoms with E-state index in [1.54, 1.807) is 37.5 Å². The molecule has 0 atom stereocenters. The maximum atomic E-state index is 11.3. The molecule has 4 heteroatoms. The van der Waals surface area contributed by atoms with Gasteiger partial charge in [-0.2, -0.15) is 5.10 Å². The van der Waals surface area contributed by atoms with E-state index in [4.69, 9.17) is 5.11 Å². The Labute approximate surface area is 86.4 Å². The third kappa shape index (κ3) is 1.88. The standard InChI is InChI=1S/C11H10N2O2/c1-13-11(15)6-9(7-12-13)8-2-4-10(14)5-3-8/h2-7,14H,1H3. The highest BCUT2D eigenvalue weighted by atomic mass is 16.3. The highest BCUT2D eigenvalue weighted by Crippen LogP contribution is 2.19. The molecule has 0 spiro atoms. The Morgan fingerprint density at radius 1 is 1.20 bits per heavy atom. The molecule has 0 radical (unpaired) electrons. The van der Waals surface area contributed by atoms with Gasteiger partial charge in [0.1, 0.15) is 5.75 Å². The summed E-state index contributed by atoms with van der Waals surface area (Å²) in [6.07, 6.45) is 1.62. The van der Waals surface area contributed by atoms with Crippen LogP contribution in [-0.2, 0) is 7.05 Å². The van der Waals surface area contributed by atoms with Gasteiger partial charge in [-0.05, 0) is 17.7 Å². The van der Waals surface area contributed by atoms with Crippen molar-refractivity contribution in [3.05, 3.63) is 46.9 Å². The average molecular weight is 202 g/mol. The van der Waals surface area contributed by atoms with E-state index in [0.29, 0.717) is 0 Å². The number of aromatic nitrogens is 2. The van der Waals surface area contributed by atoms with Gasteiger partial charge in [0, 0.05) is 18.7 Å². The molecule has 0 bridgehead atoms. The zero-order valence-corrected chi connectivity index (χ0v) is 8.21. The van der Waals surface area contributed by atoms with Gasteiger partial charge in [0.15, 0.2) is 0 Å². The molecule has 2 aromatic rings. The molecule has 0 aliphatic heterocycles. The number of rotatable bonds is 1. The number of benzene rings is 1. The Morgan fingerprint density at radius 2 is 1.87 bits per heavy atom. The Kier molecular flexibility index (Phi) is 2.25. The van der Waals surface area contributed by atoms with Gasteiger partial charge in [0.05, 0.1) is 6.20 Å². The van der Waals surface area contributed by atoms with Crippen LogP contribution < -0.4 is 5.56 Å². The fraction of sp³-hybridized carbons (Fsp3) is 0.0909. The van der Waals surface area contributed by atoms with Gasteiger partial charge in [-0.1, -0.05) is 12.1 Å². The van der Waals surface area contributed by atoms with Crippen molar-refractivity contribution in [1.82, 2.24) is 9.78 Å². The van der Waals surface area contributed by atoms with Crippen LogP contribution in [0.1, 0.15) is 0 Å². The van der Waals surface area contributed by atoms with Crippen molar-refractivity contribution in [2.75, 3.05) is 0 Å². The van der Waals surface area contributed by atoms with E-state index in [-0.39, 0.29) is 11.3 Å². The second-order valence-electron chi connectivity index (χ2n) is 3.25. The summed E-state index contributed by atoms with van der Waals surface area (Å²) in [6.45, 7) is 0. The highest BCUT2D eigenvalue weighted by Gasteiger charge is 2.00. The van der Waals surface area contributed by atoms with Crippen molar-refractivity contribution in [3.63, 3.8) is 0 Å². The van der Waals surface area contributed by atoms with Crippen LogP contribution >= 0.6 is 0 Å². The molecule has 0 saturated carbocycles. The second kappa shape index (κ2) is 3.57. The van der Waals surface area contributed by atoms with E-state index < -0.39 is 0 Å². The molecule has 0 aliphatic rings. The summed E-state index contributed by atoms with van der Waals surface area (Å²) >= 11 is 0. The van der Waals surface area contributed by atoms with Gasteiger partial charge in [-0.15, -0.1) is 0 Å². The predicted molar refractivity (Wildman–Crippen MR) is 56.6 cm³/mol. The van der Waals surface area contributed by atoms with Gasteiger partial charge in [0.25, 0.3) is 5.56 Å². The lowest BCUT2D eigenvalue weighted by molar-refractivity contribution is 0.475. The summed E-state index contributed by atoms with van der Waals surface area (Å²) in [5, 5.41) is 13.0. The van der Waals surface area contributed by atoms with Crippen LogP contribution in [0.2, 0.25) is 0 Å². The van der Waals surface area contributed by atoms with Crippen molar-refractivity contribution in [1.29, 1.82) is 0 Å². The normalized spacial score (nSPS) is 10.2.